The van der Waals surface area contributed by atoms with E-state index in [-0.39, 0.29) is 0 Å². The minimum absolute atomic E-state index is 0.507. The number of rotatable bonds is 3. The SMILES string of the molecule is COc1ccc(-c2ncccc2N=C=O)cc1. The van der Waals surface area contributed by atoms with Gasteiger partial charge in [0, 0.05) is 11.8 Å². The lowest BCUT2D eigenvalue weighted by atomic mass is 10.1. The van der Waals surface area contributed by atoms with Gasteiger partial charge in [0.05, 0.1) is 12.8 Å². The summed E-state index contributed by atoms with van der Waals surface area (Å²) in [5.41, 5.74) is 2.03. The lowest BCUT2D eigenvalue weighted by Crippen LogP contribution is -1.85. The number of isocyanates is 1. The molecule has 4 heteroatoms. The van der Waals surface area contributed by atoms with Crippen LogP contribution in [0.15, 0.2) is 47.6 Å². The van der Waals surface area contributed by atoms with Crippen LogP contribution in [0.1, 0.15) is 0 Å². The van der Waals surface area contributed by atoms with Gasteiger partial charge in [0.25, 0.3) is 0 Å². The quantitative estimate of drug-likeness (QED) is 0.597. The van der Waals surface area contributed by atoms with Gasteiger partial charge in [-0.3, -0.25) is 4.98 Å². The largest absolute Gasteiger partial charge is 0.497 e. The summed E-state index contributed by atoms with van der Waals surface area (Å²) in [7, 11) is 1.61. The van der Waals surface area contributed by atoms with Crippen LogP contribution in [0.2, 0.25) is 0 Å². The molecule has 1 aromatic carbocycles. The molecule has 4 nitrogen and oxygen atoms in total. The van der Waals surface area contributed by atoms with Crippen LogP contribution < -0.4 is 4.74 Å². The van der Waals surface area contributed by atoms with E-state index in [0.29, 0.717) is 11.4 Å². The van der Waals surface area contributed by atoms with Gasteiger partial charge in [-0.05, 0) is 36.4 Å². The first-order valence-corrected chi connectivity index (χ1v) is 5.02. The first-order chi connectivity index (χ1) is 8.35. The van der Waals surface area contributed by atoms with Gasteiger partial charge < -0.3 is 4.74 Å². The number of hydrogen-bond donors (Lipinski definition) is 0. The van der Waals surface area contributed by atoms with Crippen molar-refractivity contribution in [1.29, 1.82) is 0 Å². The van der Waals surface area contributed by atoms with Gasteiger partial charge in [-0.2, -0.15) is 4.99 Å². The summed E-state index contributed by atoms with van der Waals surface area (Å²) in [6.07, 6.45) is 3.18. The van der Waals surface area contributed by atoms with E-state index in [0.717, 1.165) is 11.3 Å². The second kappa shape index (κ2) is 5.05. The van der Waals surface area contributed by atoms with Crippen molar-refractivity contribution in [1.82, 2.24) is 4.98 Å². The molecule has 0 radical (unpaired) electrons. The minimum Gasteiger partial charge on any atom is -0.497 e. The number of ether oxygens (including phenoxy) is 1. The van der Waals surface area contributed by atoms with Gasteiger partial charge in [0.1, 0.15) is 11.4 Å². The fourth-order valence-corrected chi connectivity index (χ4v) is 1.51. The molecule has 0 saturated heterocycles. The zero-order chi connectivity index (χ0) is 12.1. The van der Waals surface area contributed by atoms with Crippen LogP contribution in [-0.4, -0.2) is 18.2 Å². The lowest BCUT2D eigenvalue weighted by molar-refractivity contribution is 0.415. The van der Waals surface area contributed by atoms with E-state index >= 15 is 0 Å². The average Bonchev–Trinajstić information content (AvgIpc) is 2.40. The molecule has 84 valence electrons. The molecule has 0 bridgehead atoms. The molecule has 0 saturated carbocycles. The van der Waals surface area contributed by atoms with Crippen LogP contribution in [-0.2, 0) is 4.79 Å². The molecule has 0 atom stereocenters. The Morgan fingerprint density at radius 2 is 2.00 bits per heavy atom. The van der Waals surface area contributed by atoms with Crippen molar-refractivity contribution < 1.29 is 9.53 Å². The Morgan fingerprint density at radius 1 is 1.24 bits per heavy atom. The molecule has 1 aromatic heterocycles. The van der Waals surface area contributed by atoms with Gasteiger partial charge in [-0.25, -0.2) is 4.79 Å². The van der Waals surface area contributed by atoms with Gasteiger partial charge in [-0.1, -0.05) is 0 Å². The molecule has 0 unspecified atom stereocenters. The van der Waals surface area contributed by atoms with E-state index in [4.69, 9.17) is 4.74 Å². The summed E-state index contributed by atoms with van der Waals surface area (Å²) in [4.78, 5) is 18.2. The number of methoxy groups -OCH3 is 1. The van der Waals surface area contributed by atoms with Crippen molar-refractivity contribution in [3.8, 4) is 17.0 Å². The highest BCUT2D eigenvalue weighted by Gasteiger charge is 2.05. The number of pyridine rings is 1. The summed E-state index contributed by atoms with van der Waals surface area (Å²) in [6, 6.07) is 10.8. The molecular weight excluding hydrogens is 216 g/mol. The Balaban J connectivity index is 2.48. The molecule has 0 aliphatic rings. The summed E-state index contributed by atoms with van der Waals surface area (Å²) >= 11 is 0. The van der Waals surface area contributed by atoms with E-state index in [1.165, 1.54) is 6.08 Å². The van der Waals surface area contributed by atoms with Crippen LogP contribution in [0.3, 0.4) is 0 Å². The van der Waals surface area contributed by atoms with Gasteiger partial charge in [0.15, 0.2) is 0 Å². The van der Waals surface area contributed by atoms with Crippen LogP contribution in [0.4, 0.5) is 5.69 Å². The molecule has 2 aromatic rings. The van der Waals surface area contributed by atoms with Crippen LogP contribution in [0.25, 0.3) is 11.3 Å². The number of aliphatic imine (C=N–C) groups is 1. The fourth-order valence-electron chi connectivity index (χ4n) is 1.51. The van der Waals surface area contributed by atoms with Crippen molar-refractivity contribution in [2.75, 3.05) is 7.11 Å². The van der Waals surface area contributed by atoms with Crippen molar-refractivity contribution in [2.24, 2.45) is 4.99 Å². The van der Waals surface area contributed by atoms with Gasteiger partial charge in [-0.15, -0.1) is 0 Å². The highest BCUT2D eigenvalue weighted by Crippen LogP contribution is 2.28. The first kappa shape index (κ1) is 11.0. The third kappa shape index (κ3) is 2.38. The van der Waals surface area contributed by atoms with Gasteiger partial charge >= 0.3 is 0 Å². The van der Waals surface area contributed by atoms with Crippen molar-refractivity contribution in [2.45, 2.75) is 0 Å². The molecule has 0 aliphatic heterocycles. The monoisotopic (exact) mass is 226 g/mol. The molecule has 0 N–H and O–H groups in total. The third-order valence-corrected chi connectivity index (χ3v) is 2.32. The Kier molecular flexibility index (Phi) is 3.28. The van der Waals surface area contributed by atoms with Crippen LogP contribution in [0.5, 0.6) is 5.75 Å². The topological polar surface area (TPSA) is 51.6 Å². The van der Waals surface area contributed by atoms with E-state index in [9.17, 15) is 4.79 Å². The lowest BCUT2D eigenvalue weighted by Gasteiger charge is -2.04. The standard InChI is InChI=1S/C13H10N2O2/c1-17-11-6-4-10(5-7-11)13-12(15-9-16)3-2-8-14-13/h2-8H,1H3. The Bertz CT molecular complexity index is 558. The highest BCUT2D eigenvalue weighted by molar-refractivity contribution is 5.73. The van der Waals surface area contributed by atoms with E-state index < -0.39 is 0 Å². The molecular formula is C13H10N2O2. The number of aromatic nitrogens is 1. The summed E-state index contributed by atoms with van der Waals surface area (Å²) < 4.78 is 5.08. The average molecular weight is 226 g/mol. The summed E-state index contributed by atoms with van der Waals surface area (Å²) in [5, 5.41) is 0. The third-order valence-electron chi connectivity index (χ3n) is 2.32. The smallest absolute Gasteiger partial charge is 0.240 e. The molecule has 2 rings (SSSR count). The van der Waals surface area contributed by atoms with Gasteiger partial charge in [0.2, 0.25) is 6.08 Å². The first-order valence-electron chi connectivity index (χ1n) is 5.02. The maximum Gasteiger partial charge on any atom is 0.240 e. The molecule has 0 fully saturated rings. The second-order valence-electron chi connectivity index (χ2n) is 3.30. The number of hydrogen-bond acceptors (Lipinski definition) is 4. The highest BCUT2D eigenvalue weighted by atomic mass is 16.5. The molecule has 17 heavy (non-hydrogen) atoms. The maximum absolute atomic E-state index is 10.3. The van der Waals surface area contributed by atoms with Crippen LogP contribution >= 0.6 is 0 Å². The zero-order valence-electron chi connectivity index (χ0n) is 9.25. The van der Waals surface area contributed by atoms with Crippen LogP contribution in [0, 0.1) is 0 Å². The summed E-state index contributed by atoms with van der Waals surface area (Å²) in [5.74, 6) is 0.769. The van der Waals surface area contributed by atoms with E-state index in [1.54, 1.807) is 25.4 Å². The normalized spacial score (nSPS) is 9.47. The molecule has 0 spiro atoms. The fraction of sp³-hybridized carbons (Fsp3) is 0.0769. The Hall–Kier alpha value is -2.45. The molecule has 1 heterocycles. The minimum atomic E-state index is 0.507. The molecule has 0 aliphatic carbocycles. The number of nitrogens with zero attached hydrogens (tertiary/aromatic N) is 2. The van der Waals surface area contributed by atoms with E-state index in [1.807, 2.05) is 24.3 Å². The second-order valence-corrected chi connectivity index (χ2v) is 3.30. The predicted molar refractivity (Wildman–Crippen MR) is 64.0 cm³/mol. The number of carbonyl (C=O) groups excluding carboxylic acids is 1. The zero-order valence-corrected chi connectivity index (χ0v) is 9.25. The Labute approximate surface area is 98.6 Å². The van der Waals surface area contributed by atoms with E-state index in [2.05, 4.69) is 9.98 Å². The summed E-state index contributed by atoms with van der Waals surface area (Å²) in [6.45, 7) is 0. The predicted octanol–water partition coefficient (Wildman–Crippen LogP) is 2.72. The van der Waals surface area contributed by atoms with Crippen molar-refractivity contribution >= 4 is 11.8 Å². The Morgan fingerprint density at radius 3 is 2.65 bits per heavy atom. The van der Waals surface area contributed by atoms with Crippen molar-refractivity contribution in [3.63, 3.8) is 0 Å². The van der Waals surface area contributed by atoms with Crippen molar-refractivity contribution in [3.05, 3.63) is 42.6 Å². The number of benzene rings is 1. The maximum atomic E-state index is 10.3. The molecule has 0 amide bonds.